The molecule has 140 valence electrons. The van der Waals surface area contributed by atoms with E-state index in [4.69, 9.17) is 9.47 Å². The molecule has 1 saturated heterocycles. The minimum atomic E-state index is -3.57. The Hall–Kier alpha value is -2.19. The number of sulfonamides is 1. The van der Waals surface area contributed by atoms with Gasteiger partial charge in [-0.1, -0.05) is 17.7 Å². The van der Waals surface area contributed by atoms with Crippen LogP contribution in [0, 0.1) is 20.8 Å². The van der Waals surface area contributed by atoms with Gasteiger partial charge in [0.15, 0.2) is 0 Å². The van der Waals surface area contributed by atoms with Gasteiger partial charge in [-0.05, 0) is 38.3 Å². The van der Waals surface area contributed by atoms with Crippen LogP contribution in [0.25, 0.3) is 0 Å². The molecule has 8 heteroatoms. The maximum Gasteiger partial charge on any atom is 0.278 e. The number of hydrogen-bond acceptors (Lipinski definition) is 6. The van der Waals surface area contributed by atoms with E-state index < -0.39 is 10.0 Å². The summed E-state index contributed by atoms with van der Waals surface area (Å²) in [6.45, 7) is 6.31. The molecule has 1 unspecified atom stereocenters. The van der Waals surface area contributed by atoms with Crippen LogP contribution in [-0.4, -0.2) is 49.0 Å². The first-order chi connectivity index (χ1) is 12.3. The van der Waals surface area contributed by atoms with Crippen LogP contribution in [-0.2, 0) is 10.0 Å². The minimum absolute atomic E-state index is 0.273. The molecular weight excluding hydrogens is 354 g/mol. The zero-order valence-electron chi connectivity index (χ0n) is 15.4. The van der Waals surface area contributed by atoms with Gasteiger partial charge in [-0.25, -0.2) is 18.4 Å². The third kappa shape index (κ3) is 3.52. The zero-order chi connectivity index (χ0) is 18.9. The summed E-state index contributed by atoms with van der Waals surface area (Å²) in [6, 6.07) is 3.79. The Kier molecular flexibility index (Phi) is 5.15. The molecule has 3 rings (SSSR count). The van der Waals surface area contributed by atoms with Gasteiger partial charge in [0.05, 0.1) is 18.6 Å². The van der Waals surface area contributed by atoms with E-state index in [-0.39, 0.29) is 18.5 Å². The Morgan fingerprint density at radius 3 is 2.31 bits per heavy atom. The molecule has 2 heterocycles. The average molecular weight is 377 g/mol. The molecule has 1 aromatic heterocycles. The first-order valence-corrected chi connectivity index (χ1v) is 9.86. The van der Waals surface area contributed by atoms with E-state index in [1.54, 1.807) is 0 Å². The second-order valence-electron chi connectivity index (χ2n) is 6.49. The van der Waals surface area contributed by atoms with Crippen LogP contribution in [0.2, 0.25) is 0 Å². The second-order valence-corrected chi connectivity index (χ2v) is 8.36. The van der Waals surface area contributed by atoms with E-state index in [1.807, 2.05) is 32.9 Å². The molecule has 0 amide bonds. The standard InChI is InChI=1S/C18H23N3O4S/c1-12-9-13(2)16(14(3)10-12)26(22,23)21-8-5-15(11-21)25-18-17(24-4)19-6-7-20-18/h6-7,9-10,15H,5,8,11H2,1-4H3. The number of ether oxygens (including phenoxy) is 2. The molecule has 1 aliphatic rings. The highest BCUT2D eigenvalue weighted by Crippen LogP contribution is 2.30. The van der Waals surface area contributed by atoms with Crippen LogP contribution in [0.4, 0.5) is 0 Å². The predicted octanol–water partition coefficient (Wildman–Crippen LogP) is 2.25. The quantitative estimate of drug-likeness (QED) is 0.795. The lowest BCUT2D eigenvalue weighted by Crippen LogP contribution is -2.32. The van der Waals surface area contributed by atoms with Crippen molar-refractivity contribution in [3.8, 4) is 11.8 Å². The molecule has 1 aromatic carbocycles. The van der Waals surface area contributed by atoms with Crippen molar-refractivity contribution < 1.29 is 17.9 Å². The molecule has 2 aromatic rings. The molecular formula is C18H23N3O4S. The topological polar surface area (TPSA) is 81.6 Å². The van der Waals surface area contributed by atoms with Crippen molar-refractivity contribution in [1.29, 1.82) is 0 Å². The Balaban J connectivity index is 1.80. The summed E-state index contributed by atoms with van der Waals surface area (Å²) < 4.78 is 38.7. The highest BCUT2D eigenvalue weighted by molar-refractivity contribution is 7.89. The van der Waals surface area contributed by atoms with Gasteiger partial charge in [0.1, 0.15) is 6.10 Å². The van der Waals surface area contributed by atoms with Crippen LogP contribution in [0.15, 0.2) is 29.4 Å². The number of aromatic nitrogens is 2. The summed E-state index contributed by atoms with van der Waals surface area (Å²) in [5.74, 6) is 0.570. The van der Waals surface area contributed by atoms with E-state index >= 15 is 0 Å². The van der Waals surface area contributed by atoms with E-state index in [1.165, 1.54) is 23.8 Å². The van der Waals surface area contributed by atoms with Crippen LogP contribution in [0.5, 0.6) is 11.8 Å². The third-order valence-electron chi connectivity index (χ3n) is 4.42. The summed E-state index contributed by atoms with van der Waals surface area (Å²) in [5, 5.41) is 0. The van der Waals surface area contributed by atoms with Crippen LogP contribution >= 0.6 is 0 Å². The van der Waals surface area contributed by atoms with Gasteiger partial charge >= 0.3 is 0 Å². The number of methoxy groups -OCH3 is 1. The highest BCUT2D eigenvalue weighted by Gasteiger charge is 2.35. The molecule has 1 atom stereocenters. The summed E-state index contributed by atoms with van der Waals surface area (Å²) in [4.78, 5) is 8.55. The number of aryl methyl sites for hydroxylation is 3. The summed E-state index contributed by atoms with van der Waals surface area (Å²) in [7, 11) is -2.08. The Bertz CT molecular complexity index is 891. The van der Waals surface area contributed by atoms with Crippen molar-refractivity contribution in [2.75, 3.05) is 20.2 Å². The average Bonchev–Trinajstić information content (AvgIpc) is 3.03. The molecule has 0 bridgehead atoms. The van der Waals surface area contributed by atoms with Gasteiger partial charge < -0.3 is 9.47 Å². The van der Waals surface area contributed by atoms with Gasteiger partial charge in [-0.3, -0.25) is 0 Å². The normalized spacial score (nSPS) is 18.1. The van der Waals surface area contributed by atoms with Crippen LogP contribution in [0.1, 0.15) is 23.1 Å². The second kappa shape index (κ2) is 7.20. The van der Waals surface area contributed by atoms with Crippen molar-refractivity contribution in [3.63, 3.8) is 0 Å². The van der Waals surface area contributed by atoms with Gasteiger partial charge in [-0.15, -0.1) is 0 Å². The molecule has 26 heavy (non-hydrogen) atoms. The van der Waals surface area contributed by atoms with Gasteiger partial charge in [0, 0.05) is 18.9 Å². The molecule has 7 nitrogen and oxygen atoms in total. The number of benzene rings is 1. The lowest BCUT2D eigenvalue weighted by molar-refractivity contribution is 0.194. The Morgan fingerprint density at radius 1 is 1.08 bits per heavy atom. The van der Waals surface area contributed by atoms with Crippen molar-refractivity contribution >= 4 is 10.0 Å². The predicted molar refractivity (Wildman–Crippen MR) is 97.0 cm³/mol. The van der Waals surface area contributed by atoms with E-state index in [2.05, 4.69) is 9.97 Å². The third-order valence-corrected chi connectivity index (χ3v) is 6.59. The molecule has 0 radical (unpaired) electrons. The van der Waals surface area contributed by atoms with Crippen LogP contribution in [0.3, 0.4) is 0 Å². The number of nitrogens with zero attached hydrogens (tertiary/aromatic N) is 3. The van der Waals surface area contributed by atoms with Gasteiger partial charge in [0.25, 0.3) is 11.8 Å². The van der Waals surface area contributed by atoms with Crippen LogP contribution < -0.4 is 9.47 Å². The number of rotatable bonds is 5. The van der Waals surface area contributed by atoms with E-state index in [0.717, 1.165) is 16.7 Å². The van der Waals surface area contributed by atoms with Crippen molar-refractivity contribution in [3.05, 3.63) is 41.2 Å². The summed E-state index contributed by atoms with van der Waals surface area (Å²) >= 11 is 0. The molecule has 0 spiro atoms. The Labute approximate surface area is 154 Å². The molecule has 0 N–H and O–H groups in total. The molecule has 1 aliphatic heterocycles. The van der Waals surface area contributed by atoms with Crippen molar-refractivity contribution in [2.45, 2.75) is 38.2 Å². The zero-order valence-corrected chi connectivity index (χ0v) is 16.2. The lowest BCUT2D eigenvalue weighted by atomic mass is 10.1. The minimum Gasteiger partial charge on any atom is -0.477 e. The number of hydrogen-bond donors (Lipinski definition) is 0. The fourth-order valence-electron chi connectivity index (χ4n) is 3.41. The maximum atomic E-state index is 13.1. The Morgan fingerprint density at radius 2 is 1.69 bits per heavy atom. The first kappa shape index (κ1) is 18.6. The monoisotopic (exact) mass is 377 g/mol. The van der Waals surface area contributed by atoms with E-state index in [9.17, 15) is 8.42 Å². The van der Waals surface area contributed by atoms with Gasteiger partial charge in [-0.2, -0.15) is 4.31 Å². The summed E-state index contributed by atoms with van der Waals surface area (Å²) in [6.07, 6.45) is 3.32. The largest absolute Gasteiger partial charge is 0.477 e. The van der Waals surface area contributed by atoms with Crippen molar-refractivity contribution in [1.82, 2.24) is 14.3 Å². The van der Waals surface area contributed by atoms with Crippen molar-refractivity contribution in [2.24, 2.45) is 0 Å². The fourth-order valence-corrected chi connectivity index (χ4v) is 5.30. The first-order valence-electron chi connectivity index (χ1n) is 8.42. The smallest absolute Gasteiger partial charge is 0.278 e. The maximum absolute atomic E-state index is 13.1. The van der Waals surface area contributed by atoms with E-state index in [0.29, 0.717) is 23.7 Å². The molecule has 0 aliphatic carbocycles. The van der Waals surface area contributed by atoms with Gasteiger partial charge in [0.2, 0.25) is 10.0 Å². The lowest BCUT2D eigenvalue weighted by Gasteiger charge is -2.20. The molecule has 1 fully saturated rings. The fraction of sp³-hybridized carbons (Fsp3) is 0.444. The summed E-state index contributed by atoms with van der Waals surface area (Å²) in [5.41, 5.74) is 2.58. The molecule has 0 saturated carbocycles. The highest BCUT2D eigenvalue weighted by atomic mass is 32.2. The SMILES string of the molecule is COc1nccnc1OC1CCN(S(=O)(=O)c2c(C)cc(C)cc2C)C1.